The van der Waals surface area contributed by atoms with Crippen molar-refractivity contribution in [2.75, 3.05) is 6.79 Å². The maximum absolute atomic E-state index is 13.2. The largest absolute Gasteiger partial charge is 0.454 e. The molecule has 33 heavy (non-hydrogen) atoms. The molecule has 0 fully saturated rings. The molecule has 1 aliphatic rings. The summed E-state index contributed by atoms with van der Waals surface area (Å²) in [6, 6.07) is 24.0. The van der Waals surface area contributed by atoms with Gasteiger partial charge in [0.25, 0.3) is 11.8 Å². The Labute approximate surface area is 193 Å². The average molecular weight is 443 g/mol. The Morgan fingerprint density at radius 1 is 0.758 bits per heavy atom. The van der Waals surface area contributed by atoms with Gasteiger partial charge in [-0.15, -0.1) is 0 Å². The second-order valence-corrected chi connectivity index (χ2v) is 7.88. The van der Waals surface area contributed by atoms with Crippen LogP contribution < -0.4 is 20.1 Å². The van der Waals surface area contributed by atoms with Gasteiger partial charge in [0.15, 0.2) is 11.5 Å². The average Bonchev–Trinajstić information content (AvgIpc) is 3.31. The second-order valence-electron chi connectivity index (χ2n) is 7.88. The fourth-order valence-electron chi connectivity index (χ4n) is 3.60. The van der Waals surface area contributed by atoms with Gasteiger partial charge in [0, 0.05) is 0 Å². The topological polar surface area (TPSA) is 76.7 Å². The quantitative estimate of drug-likeness (QED) is 0.320. The lowest BCUT2D eigenvalue weighted by Crippen LogP contribution is -2.36. The number of benzene rings is 3. The van der Waals surface area contributed by atoms with Crippen LogP contribution in [0.2, 0.25) is 0 Å². The summed E-state index contributed by atoms with van der Waals surface area (Å²) in [5, 5.41) is 5.88. The van der Waals surface area contributed by atoms with E-state index in [2.05, 4.69) is 10.6 Å². The highest BCUT2D eigenvalue weighted by Gasteiger charge is 2.23. The molecular weight excluding hydrogens is 416 g/mol. The molecule has 0 bridgehead atoms. The van der Waals surface area contributed by atoms with E-state index in [0.717, 1.165) is 11.1 Å². The van der Waals surface area contributed by atoms with Crippen molar-refractivity contribution in [1.82, 2.24) is 10.6 Å². The third-order valence-electron chi connectivity index (χ3n) is 5.49. The number of ether oxygens (including phenoxy) is 2. The monoisotopic (exact) mass is 442 g/mol. The first-order chi connectivity index (χ1) is 16.0. The lowest BCUT2D eigenvalue weighted by atomic mass is 10.0. The molecule has 0 aliphatic carbocycles. The van der Waals surface area contributed by atoms with Crippen LogP contribution in [0.15, 0.2) is 84.4 Å². The van der Waals surface area contributed by atoms with Crippen LogP contribution in [-0.2, 0) is 9.59 Å². The van der Waals surface area contributed by atoms with Crippen LogP contribution in [0.3, 0.4) is 0 Å². The highest BCUT2D eigenvalue weighted by molar-refractivity contribution is 6.21. The van der Waals surface area contributed by atoms with Gasteiger partial charge in [-0.1, -0.05) is 66.7 Å². The normalized spacial score (nSPS) is 13.5. The van der Waals surface area contributed by atoms with Crippen LogP contribution in [0, 0.1) is 0 Å². The van der Waals surface area contributed by atoms with Gasteiger partial charge in [0.1, 0.15) is 5.57 Å². The summed E-state index contributed by atoms with van der Waals surface area (Å²) >= 11 is 0. The minimum absolute atomic E-state index is 0.0134. The van der Waals surface area contributed by atoms with Gasteiger partial charge in [-0.25, -0.2) is 0 Å². The standard InChI is InChI=1S/C27H26N2O4/c1-18(21-9-5-3-6-10-21)28-26(30)23(15-20-13-14-24-25(16-20)33-17-32-24)27(31)29-19(2)22-11-7-4-8-12-22/h3-16,18-19H,17H2,1-2H3,(H,28,30)(H,29,31). The van der Waals surface area contributed by atoms with E-state index in [1.807, 2.05) is 74.5 Å². The molecule has 4 rings (SSSR count). The van der Waals surface area contributed by atoms with E-state index in [1.54, 1.807) is 24.3 Å². The summed E-state index contributed by atoms with van der Waals surface area (Å²) in [5.74, 6) is 0.306. The molecule has 2 N–H and O–H groups in total. The van der Waals surface area contributed by atoms with Crippen molar-refractivity contribution in [2.24, 2.45) is 0 Å². The Balaban J connectivity index is 1.59. The van der Waals surface area contributed by atoms with Gasteiger partial charge in [-0.2, -0.15) is 0 Å². The maximum atomic E-state index is 13.2. The molecule has 3 aromatic carbocycles. The Morgan fingerprint density at radius 3 is 1.82 bits per heavy atom. The van der Waals surface area contributed by atoms with Crippen LogP contribution in [0.25, 0.3) is 6.08 Å². The Hall–Kier alpha value is -4.06. The maximum Gasteiger partial charge on any atom is 0.257 e. The number of amides is 2. The van der Waals surface area contributed by atoms with Gasteiger partial charge in [-0.3, -0.25) is 9.59 Å². The van der Waals surface area contributed by atoms with E-state index in [-0.39, 0.29) is 24.4 Å². The molecule has 2 amide bonds. The minimum Gasteiger partial charge on any atom is -0.454 e. The van der Waals surface area contributed by atoms with E-state index >= 15 is 0 Å². The second kappa shape index (κ2) is 10.0. The molecule has 6 heteroatoms. The molecule has 1 aliphatic heterocycles. The van der Waals surface area contributed by atoms with E-state index in [4.69, 9.17) is 9.47 Å². The Kier molecular flexibility index (Phi) is 6.74. The molecule has 0 saturated carbocycles. The highest BCUT2D eigenvalue weighted by Crippen LogP contribution is 2.33. The number of nitrogens with one attached hydrogen (secondary N) is 2. The smallest absolute Gasteiger partial charge is 0.257 e. The van der Waals surface area contributed by atoms with Crippen molar-refractivity contribution >= 4 is 17.9 Å². The van der Waals surface area contributed by atoms with Gasteiger partial charge in [0.05, 0.1) is 12.1 Å². The third kappa shape index (κ3) is 5.41. The molecule has 2 atom stereocenters. The predicted molar refractivity (Wildman–Crippen MR) is 127 cm³/mol. The minimum atomic E-state index is -0.457. The van der Waals surface area contributed by atoms with Crippen molar-refractivity contribution in [3.8, 4) is 11.5 Å². The zero-order valence-electron chi connectivity index (χ0n) is 18.6. The first kappa shape index (κ1) is 22.1. The molecular formula is C27H26N2O4. The number of carbonyl (C=O) groups is 2. The van der Waals surface area contributed by atoms with Crippen LogP contribution in [0.1, 0.15) is 42.6 Å². The van der Waals surface area contributed by atoms with Gasteiger partial charge >= 0.3 is 0 Å². The first-order valence-electron chi connectivity index (χ1n) is 10.8. The third-order valence-corrected chi connectivity index (χ3v) is 5.49. The number of rotatable bonds is 7. The molecule has 168 valence electrons. The van der Waals surface area contributed by atoms with E-state index in [9.17, 15) is 9.59 Å². The summed E-state index contributed by atoms with van der Waals surface area (Å²) < 4.78 is 10.8. The fourth-order valence-corrected chi connectivity index (χ4v) is 3.60. The zero-order valence-corrected chi connectivity index (χ0v) is 18.6. The summed E-state index contributed by atoms with van der Waals surface area (Å²) in [4.78, 5) is 26.5. The van der Waals surface area contributed by atoms with E-state index in [0.29, 0.717) is 17.1 Å². The molecule has 3 aromatic rings. The van der Waals surface area contributed by atoms with Crippen molar-refractivity contribution in [1.29, 1.82) is 0 Å². The van der Waals surface area contributed by atoms with Gasteiger partial charge in [0.2, 0.25) is 6.79 Å². The SMILES string of the molecule is CC(NC(=O)C(=Cc1ccc2c(c1)OCO2)C(=O)NC(C)c1ccccc1)c1ccccc1. The number of hydrogen-bond donors (Lipinski definition) is 2. The lowest BCUT2D eigenvalue weighted by molar-refractivity contribution is -0.124. The summed E-state index contributed by atoms with van der Waals surface area (Å²) in [5.41, 5.74) is 2.58. The molecule has 0 spiro atoms. The van der Waals surface area contributed by atoms with E-state index < -0.39 is 11.8 Å². The van der Waals surface area contributed by atoms with Gasteiger partial charge < -0.3 is 20.1 Å². The van der Waals surface area contributed by atoms with Crippen molar-refractivity contribution < 1.29 is 19.1 Å². The lowest BCUT2D eigenvalue weighted by Gasteiger charge is -2.18. The van der Waals surface area contributed by atoms with Crippen LogP contribution in [0.4, 0.5) is 0 Å². The van der Waals surface area contributed by atoms with Crippen LogP contribution in [0.5, 0.6) is 11.5 Å². The zero-order chi connectivity index (χ0) is 23.2. The number of carbonyl (C=O) groups excluding carboxylic acids is 2. The summed E-state index contributed by atoms with van der Waals surface area (Å²) in [7, 11) is 0. The molecule has 0 radical (unpaired) electrons. The van der Waals surface area contributed by atoms with Crippen LogP contribution in [-0.4, -0.2) is 18.6 Å². The summed E-state index contributed by atoms with van der Waals surface area (Å²) in [6.45, 7) is 3.92. The molecule has 2 unspecified atom stereocenters. The summed E-state index contributed by atoms with van der Waals surface area (Å²) in [6.07, 6.45) is 1.57. The molecule has 6 nitrogen and oxygen atoms in total. The highest BCUT2D eigenvalue weighted by atomic mass is 16.7. The van der Waals surface area contributed by atoms with Crippen molar-refractivity contribution in [3.05, 3.63) is 101 Å². The van der Waals surface area contributed by atoms with E-state index in [1.165, 1.54) is 0 Å². The molecule has 1 heterocycles. The van der Waals surface area contributed by atoms with Crippen molar-refractivity contribution in [2.45, 2.75) is 25.9 Å². The first-order valence-corrected chi connectivity index (χ1v) is 10.8. The van der Waals surface area contributed by atoms with Crippen molar-refractivity contribution in [3.63, 3.8) is 0 Å². The molecule has 0 saturated heterocycles. The van der Waals surface area contributed by atoms with Gasteiger partial charge in [-0.05, 0) is 48.7 Å². The Bertz CT molecular complexity index is 1100. The van der Waals surface area contributed by atoms with Crippen LogP contribution >= 0.6 is 0 Å². The number of fused-ring (bicyclic) bond motifs is 1. The Morgan fingerprint density at radius 2 is 1.27 bits per heavy atom. The molecule has 0 aromatic heterocycles. The predicted octanol–water partition coefficient (Wildman–Crippen LogP) is 4.55. The fraction of sp³-hybridized carbons (Fsp3) is 0.185. The number of hydrogen-bond acceptors (Lipinski definition) is 4.